The normalized spacial score (nSPS) is 10.5. The predicted octanol–water partition coefficient (Wildman–Crippen LogP) is 3.95. The van der Waals surface area contributed by atoms with Crippen molar-refractivity contribution in [1.29, 1.82) is 0 Å². The molecular weight excluding hydrogens is 325 g/mol. The zero-order valence-corrected chi connectivity index (χ0v) is 12.2. The zero-order chi connectivity index (χ0) is 12.3. The summed E-state index contributed by atoms with van der Waals surface area (Å²) in [6, 6.07) is 8.32. The number of aryl methyl sites for hydroxylation is 2. The van der Waals surface area contributed by atoms with Gasteiger partial charge >= 0.3 is 0 Å². The van der Waals surface area contributed by atoms with Gasteiger partial charge in [-0.3, -0.25) is 0 Å². The van der Waals surface area contributed by atoms with Crippen LogP contribution in [-0.4, -0.2) is 9.55 Å². The number of nitrogens with one attached hydrogen (secondary N) is 1. The third kappa shape index (κ3) is 3.21. The van der Waals surface area contributed by atoms with Gasteiger partial charge in [-0.2, -0.15) is 0 Å². The average Bonchev–Trinajstić information content (AvgIpc) is 2.63. The molecule has 0 saturated carbocycles. The quantitative estimate of drug-likeness (QED) is 0.854. The second kappa shape index (κ2) is 5.53. The van der Waals surface area contributed by atoms with Crippen LogP contribution in [0.15, 0.2) is 30.5 Å². The molecule has 0 aliphatic carbocycles. The van der Waals surface area contributed by atoms with Crippen LogP contribution in [0.4, 0.5) is 11.6 Å². The van der Waals surface area contributed by atoms with Crippen LogP contribution in [-0.2, 0) is 6.54 Å². The second-order valence-corrected chi connectivity index (χ2v) is 5.28. The molecule has 1 aromatic carbocycles. The van der Waals surface area contributed by atoms with Crippen LogP contribution >= 0.6 is 22.6 Å². The van der Waals surface area contributed by atoms with Crippen LogP contribution in [0.5, 0.6) is 0 Å². The fourth-order valence-electron chi connectivity index (χ4n) is 1.72. The van der Waals surface area contributed by atoms with Gasteiger partial charge in [0.25, 0.3) is 0 Å². The zero-order valence-electron chi connectivity index (χ0n) is 10.1. The van der Waals surface area contributed by atoms with Crippen molar-refractivity contribution in [1.82, 2.24) is 9.55 Å². The lowest BCUT2D eigenvalue weighted by Crippen LogP contribution is -2.02. The Kier molecular flexibility index (Phi) is 4.04. The van der Waals surface area contributed by atoms with Crippen LogP contribution in [0.1, 0.15) is 19.0 Å². The van der Waals surface area contributed by atoms with Crippen molar-refractivity contribution in [3.05, 3.63) is 39.7 Å². The molecule has 0 saturated heterocycles. The summed E-state index contributed by atoms with van der Waals surface area (Å²) < 4.78 is 3.40. The van der Waals surface area contributed by atoms with Gasteiger partial charge in [-0.15, -0.1) is 0 Å². The highest BCUT2D eigenvalue weighted by Gasteiger charge is 2.04. The SMILES string of the molecule is CCCn1cc(C)nc1Nc1ccc(I)cc1. The fourth-order valence-corrected chi connectivity index (χ4v) is 2.08. The molecule has 2 aromatic rings. The maximum Gasteiger partial charge on any atom is 0.207 e. The third-order valence-electron chi connectivity index (χ3n) is 2.46. The molecule has 90 valence electrons. The largest absolute Gasteiger partial charge is 0.326 e. The van der Waals surface area contributed by atoms with E-state index in [1.54, 1.807) is 0 Å². The number of anilines is 2. The Balaban J connectivity index is 2.20. The maximum atomic E-state index is 4.50. The molecule has 0 radical (unpaired) electrons. The van der Waals surface area contributed by atoms with E-state index in [0.717, 1.165) is 30.3 Å². The number of nitrogens with zero attached hydrogens (tertiary/aromatic N) is 2. The number of benzene rings is 1. The van der Waals surface area contributed by atoms with Gasteiger partial charge in [0, 0.05) is 22.0 Å². The van der Waals surface area contributed by atoms with Crippen molar-refractivity contribution in [3.63, 3.8) is 0 Å². The second-order valence-electron chi connectivity index (χ2n) is 4.03. The van der Waals surface area contributed by atoms with E-state index in [1.165, 1.54) is 3.57 Å². The molecule has 0 atom stereocenters. The van der Waals surface area contributed by atoms with Gasteiger partial charge in [-0.25, -0.2) is 4.98 Å². The van der Waals surface area contributed by atoms with Crippen LogP contribution in [0.3, 0.4) is 0 Å². The Morgan fingerprint density at radius 2 is 2.00 bits per heavy atom. The molecule has 0 aliphatic rings. The van der Waals surface area contributed by atoms with E-state index in [-0.39, 0.29) is 0 Å². The average molecular weight is 341 g/mol. The van der Waals surface area contributed by atoms with E-state index in [9.17, 15) is 0 Å². The molecule has 0 fully saturated rings. The summed E-state index contributed by atoms with van der Waals surface area (Å²) in [5, 5.41) is 3.35. The van der Waals surface area contributed by atoms with Crippen molar-refractivity contribution in [2.75, 3.05) is 5.32 Å². The first-order valence-corrected chi connectivity index (χ1v) is 6.83. The smallest absolute Gasteiger partial charge is 0.207 e. The molecule has 1 heterocycles. The van der Waals surface area contributed by atoms with Gasteiger partial charge in [0.1, 0.15) is 0 Å². The molecule has 2 rings (SSSR count). The molecule has 1 N–H and O–H groups in total. The first-order chi connectivity index (χ1) is 8.19. The van der Waals surface area contributed by atoms with Gasteiger partial charge in [0.15, 0.2) is 0 Å². The molecule has 0 unspecified atom stereocenters. The van der Waals surface area contributed by atoms with Crippen molar-refractivity contribution in [2.45, 2.75) is 26.8 Å². The lowest BCUT2D eigenvalue weighted by atomic mass is 10.3. The van der Waals surface area contributed by atoms with E-state index in [4.69, 9.17) is 0 Å². The van der Waals surface area contributed by atoms with Gasteiger partial charge < -0.3 is 9.88 Å². The highest BCUT2D eigenvalue weighted by molar-refractivity contribution is 14.1. The van der Waals surface area contributed by atoms with Crippen molar-refractivity contribution in [3.8, 4) is 0 Å². The number of hydrogen-bond acceptors (Lipinski definition) is 2. The summed E-state index contributed by atoms with van der Waals surface area (Å²) in [4.78, 5) is 4.50. The van der Waals surface area contributed by atoms with E-state index >= 15 is 0 Å². The lowest BCUT2D eigenvalue weighted by Gasteiger charge is -2.08. The van der Waals surface area contributed by atoms with E-state index in [0.29, 0.717) is 0 Å². The summed E-state index contributed by atoms with van der Waals surface area (Å²) in [6.45, 7) is 5.18. The third-order valence-corrected chi connectivity index (χ3v) is 3.18. The van der Waals surface area contributed by atoms with Crippen LogP contribution in [0.25, 0.3) is 0 Å². The molecule has 1 aromatic heterocycles. The number of imidazole rings is 1. The Hall–Kier alpha value is -1.04. The first-order valence-electron chi connectivity index (χ1n) is 5.75. The summed E-state index contributed by atoms with van der Waals surface area (Å²) >= 11 is 2.30. The Bertz CT molecular complexity index is 488. The minimum atomic E-state index is 0.922. The highest BCUT2D eigenvalue weighted by Crippen LogP contribution is 2.18. The monoisotopic (exact) mass is 341 g/mol. The topological polar surface area (TPSA) is 29.9 Å². The molecule has 0 spiro atoms. The summed E-state index contributed by atoms with van der Waals surface area (Å²) in [5.74, 6) is 0.922. The molecule has 0 amide bonds. The number of aromatic nitrogens is 2. The minimum absolute atomic E-state index is 0.922. The molecule has 4 heteroatoms. The molecule has 0 bridgehead atoms. The van der Waals surface area contributed by atoms with Crippen molar-refractivity contribution >= 4 is 34.2 Å². The standard InChI is InChI=1S/C13H16IN3/c1-3-8-17-9-10(2)15-13(17)16-12-6-4-11(14)5-7-12/h4-7,9H,3,8H2,1-2H3,(H,15,16). The summed E-state index contributed by atoms with van der Waals surface area (Å²) in [7, 11) is 0. The number of halogens is 1. The Morgan fingerprint density at radius 3 is 2.65 bits per heavy atom. The van der Waals surface area contributed by atoms with Crippen molar-refractivity contribution in [2.24, 2.45) is 0 Å². The highest BCUT2D eigenvalue weighted by atomic mass is 127. The maximum absolute atomic E-state index is 4.50. The number of rotatable bonds is 4. The number of hydrogen-bond donors (Lipinski definition) is 1. The van der Waals surface area contributed by atoms with Crippen LogP contribution in [0, 0.1) is 10.5 Å². The molecule has 0 aliphatic heterocycles. The van der Waals surface area contributed by atoms with Crippen LogP contribution in [0.2, 0.25) is 0 Å². The van der Waals surface area contributed by atoms with E-state index in [2.05, 4.69) is 74.8 Å². The summed E-state index contributed by atoms with van der Waals surface area (Å²) in [6.07, 6.45) is 3.19. The van der Waals surface area contributed by atoms with Gasteiger partial charge in [-0.05, 0) is 60.2 Å². The van der Waals surface area contributed by atoms with Gasteiger partial charge in [0.05, 0.1) is 5.69 Å². The summed E-state index contributed by atoms with van der Waals surface area (Å²) in [5.41, 5.74) is 2.12. The van der Waals surface area contributed by atoms with Gasteiger partial charge in [0.2, 0.25) is 5.95 Å². The van der Waals surface area contributed by atoms with Crippen molar-refractivity contribution < 1.29 is 0 Å². The molecule has 17 heavy (non-hydrogen) atoms. The predicted molar refractivity (Wildman–Crippen MR) is 79.7 cm³/mol. The van der Waals surface area contributed by atoms with Gasteiger partial charge in [-0.1, -0.05) is 6.92 Å². The fraction of sp³-hybridized carbons (Fsp3) is 0.308. The first kappa shape index (κ1) is 12.4. The Morgan fingerprint density at radius 1 is 1.29 bits per heavy atom. The minimum Gasteiger partial charge on any atom is -0.326 e. The molecular formula is C13H16IN3. The van der Waals surface area contributed by atoms with Crippen LogP contribution < -0.4 is 5.32 Å². The van der Waals surface area contributed by atoms with E-state index < -0.39 is 0 Å². The Labute approximate surface area is 115 Å². The van der Waals surface area contributed by atoms with E-state index in [1.807, 2.05) is 6.92 Å². The molecule has 3 nitrogen and oxygen atoms in total. The lowest BCUT2D eigenvalue weighted by molar-refractivity contribution is 0.686.